The number of methoxy groups -OCH3 is 2. The number of carbonyl (C=O) groups excluding carboxylic acids is 3. The highest BCUT2D eigenvalue weighted by molar-refractivity contribution is 8.04. The maximum Gasteiger partial charge on any atom is 0.283 e. The summed E-state index contributed by atoms with van der Waals surface area (Å²) in [6.45, 7) is 0. The van der Waals surface area contributed by atoms with Crippen LogP contribution in [0, 0.1) is 5.82 Å². The van der Waals surface area contributed by atoms with E-state index in [9.17, 15) is 18.8 Å². The fourth-order valence-corrected chi connectivity index (χ4v) is 5.02. The molecule has 0 bridgehead atoms. The molecule has 4 aromatic carbocycles. The molecule has 5 rings (SSSR count). The average molecular weight is 570 g/mol. The minimum Gasteiger partial charge on any atom is -0.497 e. The van der Waals surface area contributed by atoms with E-state index in [0.29, 0.717) is 33.3 Å². The molecule has 41 heavy (non-hydrogen) atoms. The Morgan fingerprint density at radius 3 is 2.20 bits per heavy atom. The molecule has 0 saturated carbocycles. The van der Waals surface area contributed by atoms with Gasteiger partial charge in [0.2, 0.25) is 0 Å². The molecule has 0 radical (unpaired) electrons. The van der Waals surface area contributed by atoms with Crippen LogP contribution in [0.1, 0.15) is 10.4 Å². The third-order valence-corrected chi connectivity index (χ3v) is 7.25. The summed E-state index contributed by atoms with van der Waals surface area (Å²) in [5.74, 6) is -0.953. The van der Waals surface area contributed by atoms with E-state index < -0.39 is 17.6 Å². The molecule has 0 saturated heterocycles. The smallest absolute Gasteiger partial charge is 0.283 e. The zero-order valence-corrected chi connectivity index (χ0v) is 22.8. The van der Waals surface area contributed by atoms with Crippen molar-refractivity contribution in [2.45, 2.75) is 4.90 Å². The molecule has 1 aliphatic rings. The maximum absolute atomic E-state index is 13.6. The van der Waals surface area contributed by atoms with Gasteiger partial charge in [-0.15, -0.1) is 0 Å². The maximum atomic E-state index is 13.6. The molecule has 0 aromatic heterocycles. The van der Waals surface area contributed by atoms with E-state index in [1.165, 1.54) is 38.5 Å². The summed E-state index contributed by atoms with van der Waals surface area (Å²) < 4.78 is 24.3. The summed E-state index contributed by atoms with van der Waals surface area (Å²) in [5.41, 5.74) is 1.81. The van der Waals surface area contributed by atoms with Crippen molar-refractivity contribution in [1.29, 1.82) is 0 Å². The molecule has 8 nitrogen and oxygen atoms in total. The van der Waals surface area contributed by atoms with Crippen LogP contribution in [0.25, 0.3) is 0 Å². The van der Waals surface area contributed by atoms with Gasteiger partial charge in [0.25, 0.3) is 17.7 Å². The molecule has 2 N–H and O–H groups in total. The monoisotopic (exact) mass is 569 g/mol. The van der Waals surface area contributed by atoms with Crippen molar-refractivity contribution in [3.63, 3.8) is 0 Å². The number of nitrogens with one attached hydrogen (secondary N) is 2. The number of hydrogen-bond donors (Lipinski definition) is 2. The highest BCUT2D eigenvalue weighted by Gasteiger charge is 2.40. The second-order valence-electron chi connectivity index (χ2n) is 8.76. The van der Waals surface area contributed by atoms with Gasteiger partial charge in [-0.25, -0.2) is 9.29 Å². The van der Waals surface area contributed by atoms with Crippen LogP contribution < -0.4 is 25.0 Å². The summed E-state index contributed by atoms with van der Waals surface area (Å²) in [7, 11) is 3.01. The van der Waals surface area contributed by atoms with Crippen molar-refractivity contribution in [3.05, 3.63) is 119 Å². The summed E-state index contributed by atoms with van der Waals surface area (Å²) in [6, 6.07) is 25.9. The van der Waals surface area contributed by atoms with E-state index in [4.69, 9.17) is 9.47 Å². The number of anilines is 3. The van der Waals surface area contributed by atoms with Crippen LogP contribution in [0.3, 0.4) is 0 Å². The Kier molecular flexibility index (Phi) is 8.02. The molecule has 0 atom stereocenters. The van der Waals surface area contributed by atoms with Crippen molar-refractivity contribution >= 4 is 46.5 Å². The number of halogens is 1. The van der Waals surface area contributed by atoms with Gasteiger partial charge >= 0.3 is 0 Å². The number of carbonyl (C=O) groups is 3. The van der Waals surface area contributed by atoms with Crippen LogP contribution in [0.15, 0.2) is 113 Å². The van der Waals surface area contributed by atoms with Gasteiger partial charge in [0.1, 0.15) is 27.9 Å². The van der Waals surface area contributed by atoms with Crippen molar-refractivity contribution in [2.75, 3.05) is 29.8 Å². The van der Waals surface area contributed by atoms with Gasteiger partial charge in [0.15, 0.2) is 0 Å². The largest absolute Gasteiger partial charge is 0.497 e. The fraction of sp³-hybridized carbons (Fsp3) is 0.0645. The minimum atomic E-state index is -0.603. The van der Waals surface area contributed by atoms with Gasteiger partial charge in [-0.1, -0.05) is 30.0 Å². The molecule has 4 aromatic rings. The lowest BCUT2D eigenvalue weighted by molar-refractivity contribution is -0.120. The number of thioether (sulfide) groups is 1. The molecule has 3 amide bonds. The molecule has 0 fully saturated rings. The highest BCUT2D eigenvalue weighted by Crippen LogP contribution is 2.40. The average Bonchev–Trinajstić information content (AvgIpc) is 3.23. The molecule has 0 unspecified atom stereocenters. The van der Waals surface area contributed by atoms with Crippen LogP contribution in [-0.2, 0) is 9.59 Å². The molecule has 10 heteroatoms. The van der Waals surface area contributed by atoms with Gasteiger partial charge < -0.3 is 20.1 Å². The summed E-state index contributed by atoms with van der Waals surface area (Å²) >= 11 is 1.09. The lowest BCUT2D eigenvalue weighted by Crippen LogP contribution is -2.32. The molecule has 1 aliphatic heterocycles. The first-order valence-corrected chi connectivity index (χ1v) is 13.2. The van der Waals surface area contributed by atoms with Crippen molar-refractivity contribution in [3.8, 4) is 11.5 Å². The normalized spacial score (nSPS) is 12.9. The van der Waals surface area contributed by atoms with E-state index in [0.717, 1.165) is 16.7 Å². The number of nitrogens with zero attached hydrogens (tertiary/aromatic N) is 1. The Balaban J connectivity index is 1.45. The molecule has 0 aliphatic carbocycles. The predicted molar refractivity (Wildman–Crippen MR) is 156 cm³/mol. The van der Waals surface area contributed by atoms with E-state index in [1.54, 1.807) is 66.7 Å². The van der Waals surface area contributed by atoms with Crippen LogP contribution in [0.5, 0.6) is 11.5 Å². The van der Waals surface area contributed by atoms with Gasteiger partial charge in [0.05, 0.1) is 25.6 Å². The van der Waals surface area contributed by atoms with Crippen molar-refractivity contribution in [2.24, 2.45) is 0 Å². The highest BCUT2D eigenvalue weighted by atomic mass is 32.2. The van der Waals surface area contributed by atoms with Gasteiger partial charge in [0, 0.05) is 22.2 Å². The van der Waals surface area contributed by atoms with Crippen molar-refractivity contribution < 1.29 is 28.2 Å². The van der Waals surface area contributed by atoms with Gasteiger partial charge in [-0.05, 0) is 72.8 Å². The SMILES string of the molecule is COc1ccc(NC2=C(Sc3ccc(NC(=O)c4ccccc4)cc3)C(=O)N(c3ccc(F)cc3)C2=O)c(OC)c1. The van der Waals surface area contributed by atoms with Crippen molar-refractivity contribution in [1.82, 2.24) is 0 Å². The van der Waals surface area contributed by atoms with Gasteiger partial charge in [-0.3, -0.25) is 14.4 Å². The quantitative estimate of drug-likeness (QED) is 0.236. The number of benzene rings is 4. The Bertz CT molecular complexity index is 1640. The van der Waals surface area contributed by atoms with Crippen LogP contribution in [0.2, 0.25) is 0 Å². The zero-order chi connectivity index (χ0) is 28.9. The number of hydrogen-bond acceptors (Lipinski definition) is 7. The minimum absolute atomic E-state index is 0.0363. The van der Waals surface area contributed by atoms with E-state index in [-0.39, 0.29) is 22.2 Å². The van der Waals surface area contributed by atoms with E-state index in [2.05, 4.69) is 10.6 Å². The molecule has 1 heterocycles. The first-order valence-electron chi connectivity index (χ1n) is 12.4. The van der Waals surface area contributed by atoms with Gasteiger partial charge in [-0.2, -0.15) is 0 Å². The van der Waals surface area contributed by atoms with Crippen LogP contribution in [-0.4, -0.2) is 31.9 Å². The summed E-state index contributed by atoms with van der Waals surface area (Å²) in [5, 5.41) is 5.90. The van der Waals surface area contributed by atoms with Crippen LogP contribution >= 0.6 is 11.8 Å². The van der Waals surface area contributed by atoms with E-state index in [1.807, 2.05) is 6.07 Å². The lowest BCUT2D eigenvalue weighted by Gasteiger charge is -2.16. The lowest BCUT2D eigenvalue weighted by atomic mass is 10.2. The predicted octanol–water partition coefficient (Wildman–Crippen LogP) is 6.08. The standard InChI is InChI=1S/C31H24FN3O5S/c1-39-23-14-17-25(26(18-23)40-2)34-27-28(31(38)35(30(27)37)22-12-8-20(32)9-13-22)41-24-15-10-21(11-16-24)33-29(36)19-6-4-3-5-7-19/h3-18,34H,1-2H3,(H,33,36). The summed E-state index contributed by atoms with van der Waals surface area (Å²) in [6.07, 6.45) is 0. The Hall–Kier alpha value is -5.09. The first kappa shape index (κ1) is 27.5. The number of ether oxygens (including phenoxy) is 2. The first-order chi connectivity index (χ1) is 19.9. The Morgan fingerprint density at radius 2 is 1.54 bits per heavy atom. The number of amides is 3. The van der Waals surface area contributed by atoms with E-state index >= 15 is 0 Å². The Labute approximate surface area is 239 Å². The number of rotatable bonds is 9. The summed E-state index contributed by atoms with van der Waals surface area (Å²) in [4.78, 5) is 41.5. The second-order valence-corrected chi connectivity index (χ2v) is 9.85. The third-order valence-electron chi connectivity index (χ3n) is 6.16. The molecular formula is C31H24FN3O5S. The molecule has 0 spiro atoms. The third kappa shape index (κ3) is 5.92. The Morgan fingerprint density at radius 1 is 0.829 bits per heavy atom. The fourth-order valence-electron chi connectivity index (χ4n) is 4.09. The topological polar surface area (TPSA) is 97.0 Å². The molecule has 206 valence electrons. The zero-order valence-electron chi connectivity index (χ0n) is 22.0. The molecular weight excluding hydrogens is 545 g/mol. The second kappa shape index (κ2) is 12.0. The van der Waals surface area contributed by atoms with Crippen LogP contribution in [0.4, 0.5) is 21.5 Å². The number of imide groups is 1.